The smallest absolute Gasteiger partial charge is 0.245 e. The van der Waals surface area contributed by atoms with Gasteiger partial charge in [0, 0.05) is 18.1 Å². The van der Waals surface area contributed by atoms with Gasteiger partial charge in [0.15, 0.2) is 5.82 Å². The van der Waals surface area contributed by atoms with Gasteiger partial charge in [0.25, 0.3) is 0 Å². The van der Waals surface area contributed by atoms with Gasteiger partial charge in [-0.25, -0.2) is 0 Å². The molecule has 0 radical (unpaired) electrons. The van der Waals surface area contributed by atoms with Crippen molar-refractivity contribution in [1.82, 2.24) is 15.1 Å². The second-order valence-electron chi connectivity index (χ2n) is 3.28. The van der Waals surface area contributed by atoms with Crippen molar-refractivity contribution >= 4 is 5.69 Å². The fourth-order valence-corrected chi connectivity index (χ4v) is 1.25. The van der Waals surface area contributed by atoms with E-state index in [2.05, 4.69) is 20.4 Å². The van der Waals surface area contributed by atoms with Crippen molar-refractivity contribution in [2.75, 3.05) is 5.32 Å². The highest BCUT2D eigenvalue weighted by Gasteiger charge is 2.02. The molecule has 1 N–H and O–H groups in total. The molecule has 0 aromatic carbocycles. The summed E-state index contributed by atoms with van der Waals surface area (Å²) in [6.45, 7) is 4.32. The molecule has 15 heavy (non-hydrogen) atoms. The highest BCUT2D eigenvalue weighted by Crippen LogP contribution is 2.12. The fourth-order valence-electron chi connectivity index (χ4n) is 1.25. The summed E-state index contributed by atoms with van der Waals surface area (Å²) in [6.07, 6.45) is 3.55. The van der Waals surface area contributed by atoms with E-state index in [1.165, 1.54) is 0 Å². The zero-order chi connectivity index (χ0) is 10.7. The van der Waals surface area contributed by atoms with Gasteiger partial charge in [-0.3, -0.25) is 4.98 Å². The maximum atomic E-state index is 4.99. The van der Waals surface area contributed by atoms with E-state index in [1.54, 1.807) is 19.3 Å². The Morgan fingerprint density at radius 3 is 2.93 bits per heavy atom. The Morgan fingerprint density at radius 1 is 1.40 bits per heavy atom. The van der Waals surface area contributed by atoms with Gasteiger partial charge in [0.2, 0.25) is 5.89 Å². The number of nitrogens with zero attached hydrogens (tertiary/aromatic N) is 3. The maximum Gasteiger partial charge on any atom is 0.245 e. The zero-order valence-corrected chi connectivity index (χ0v) is 8.69. The summed E-state index contributed by atoms with van der Waals surface area (Å²) >= 11 is 0. The van der Waals surface area contributed by atoms with E-state index >= 15 is 0 Å². The molecular weight excluding hydrogens is 192 g/mol. The Balaban J connectivity index is 2.02. The van der Waals surface area contributed by atoms with Gasteiger partial charge >= 0.3 is 0 Å². The summed E-state index contributed by atoms with van der Waals surface area (Å²) in [4.78, 5) is 8.11. The molecule has 0 fully saturated rings. The Bertz CT molecular complexity index is 452. The molecule has 0 amide bonds. The van der Waals surface area contributed by atoms with Gasteiger partial charge in [-0.15, -0.1) is 0 Å². The molecule has 2 heterocycles. The van der Waals surface area contributed by atoms with Gasteiger partial charge in [-0.05, 0) is 25.5 Å². The minimum Gasteiger partial charge on any atom is -0.376 e. The Morgan fingerprint density at radius 2 is 2.27 bits per heavy atom. The maximum absolute atomic E-state index is 4.99. The van der Waals surface area contributed by atoms with Crippen molar-refractivity contribution in [3.63, 3.8) is 0 Å². The lowest BCUT2D eigenvalue weighted by molar-refractivity contribution is 0.379. The third-order valence-corrected chi connectivity index (χ3v) is 2.02. The highest BCUT2D eigenvalue weighted by molar-refractivity contribution is 5.48. The van der Waals surface area contributed by atoms with Crippen LogP contribution < -0.4 is 5.32 Å². The molecule has 0 aliphatic rings. The molecule has 0 aliphatic heterocycles. The first-order chi connectivity index (χ1) is 7.25. The molecule has 2 aromatic heterocycles. The molecule has 0 aliphatic carbocycles. The summed E-state index contributed by atoms with van der Waals surface area (Å²) in [5, 5.41) is 6.92. The second-order valence-corrected chi connectivity index (χ2v) is 3.28. The van der Waals surface area contributed by atoms with Crippen molar-refractivity contribution in [3.8, 4) is 0 Å². The zero-order valence-electron chi connectivity index (χ0n) is 8.69. The number of rotatable bonds is 3. The first-order valence-electron chi connectivity index (χ1n) is 4.69. The van der Waals surface area contributed by atoms with Crippen LogP contribution >= 0.6 is 0 Å². The lowest BCUT2D eigenvalue weighted by Gasteiger charge is -2.05. The Labute approximate surface area is 87.5 Å². The van der Waals surface area contributed by atoms with Crippen LogP contribution in [-0.2, 0) is 6.54 Å². The number of anilines is 1. The molecule has 5 heteroatoms. The molecule has 2 rings (SSSR count). The van der Waals surface area contributed by atoms with Crippen LogP contribution in [0.25, 0.3) is 0 Å². The van der Waals surface area contributed by atoms with Gasteiger partial charge in [0.1, 0.15) is 0 Å². The van der Waals surface area contributed by atoms with E-state index in [4.69, 9.17) is 4.52 Å². The number of nitrogens with one attached hydrogen (secondary N) is 1. The molecule has 0 saturated heterocycles. The molecule has 2 aromatic rings. The SMILES string of the molecule is Cc1noc(CNc2ccncc2C)n1. The Hall–Kier alpha value is -1.91. The average Bonchev–Trinajstić information content (AvgIpc) is 2.63. The van der Waals surface area contributed by atoms with Crippen LogP contribution in [0.1, 0.15) is 17.3 Å². The highest BCUT2D eigenvalue weighted by atomic mass is 16.5. The van der Waals surface area contributed by atoms with Crippen molar-refractivity contribution in [1.29, 1.82) is 0 Å². The predicted molar refractivity (Wildman–Crippen MR) is 55.3 cm³/mol. The average molecular weight is 204 g/mol. The molecule has 0 atom stereocenters. The van der Waals surface area contributed by atoms with E-state index in [0.29, 0.717) is 18.3 Å². The predicted octanol–water partition coefficient (Wildman–Crippen LogP) is 1.69. The lowest BCUT2D eigenvalue weighted by Crippen LogP contribution is -2.01. The molecular formula is C10H12N4O. The van der Waals surface area contributed by atoms with E-state index in [0.717, 1.165) is 11.3 Å². The number of aryl methyl sites for hydroxylation is 2. The standard InChI is InChI=1S/C10H12N4O/c1-7-5-11-4-3-9(7)12-6-10-13-8(2)14-15-10/h3-5H,6H2,1-2H3,(H,11,12). The van der Waals surface area contributed by atoms with Crippen LogP contribution in [0.2, 0.25) is 0 Å². The summed E-state index contributed by atoms with van der Waals surface area (Å²) in [7, 11) is 0. The molecule has 0 unspecified atom stereocenters. The minimum absolute atomic E-state index is 0.533. The number of aromatic nitrogens is 3. The van der Waals surface area contributed by atoms with Crippen LogP contribution in [0.4, 0.5) is 5.69 Å². The summed E-state index contributed by atoms with van der Waals surface area (Å²) in [5.41, 5.74) is 2.12. The summed E-state index contributed by atoms with van der Waals surface area (Å²) < 4.78 is 4.99. The van der Waals surface area contributed by atoms with E-state index in [9.17, 15) is 0 Å². The number of pyridine rings is 1. The van der Waals surface area contributed by atoms with Gasteiger partial charge in [-0.2, -0.15) is 4.98 Å². The first kappa shape index (κ1) is 9.64. The van der Waals surface area contributed by atoms with Gasteiger partial charge in [0.05, 0.1) is 6.54 Å². The van der Waals surface area contributed by atoms with Crippen molar-refractivity contribution < 1.29 is 4.52 Å². The van der Waals surface area contributed by atoms with Crippen molar-refractivity contribution in [3.05, 3.63) is 35.7 Å². The van der Waals surface area contributed by atoms with Crippen molar-refractivity contribution in [2.45, 2.75) is 20.4 Å². The third-order valence-electron chi connectivity index (χ3n) is 2.02. The van der Waals surface area contributed by atoms with Crippen LogP contribution in [0, 0.1) is 13.8 Å². The van der Waals surface area contributed by atoms with E-state index in [-0.39, 0.29) is 0 Å². The minimum atomic E-state index is 0.533. The fraction of sp³-hybridized carbons (Fsp3) is 0.300. The second kappa shape index (κ2) is 4.08. The van der Waals surface area contributed by atoms with E-state index < -0.39 is 0 Å². The molecule has 0 bridgehead atoms. The summed E-state index contributed by atoms with van der Waals surface area (Å²) in [6, 6.07) is 1.92. The summed E-state index contributed by atoms with van der Waals surface area (Å²) in [5.74, 6) is 1.24. The Kier molecular flexibility index (Phi) is 2.62. The normalized spacial score (nSPS) is 10.3. The van der Waals surface area contributed by atoms with Crippen LogP contribution in [0.15, 0.2) is 23.0 Å². The number of hydrogen-bond donors (Lipinski definition) is 1. The lowest BCUT2D eigenvalue weighted by atomic mass is 10.2. The topological polar surface area (TPSA) is 63.8 Å². The van der Waals surface area contributed by atoms with E-state index in [1.807, 2.05) is 13.0 Å². The molecule has 5 nitrogen and oxygen atoms in total. The van der Waals surface area contributed by atoms with Crippen LogP contribution in [-0.4, -0.2) is 15.1 Å². The molecule has 78 valence electrons. The van der Waals surface area contributed by atoms with Crippen molar-refractivity contribution in [2.24, 2.45) is 0 Å². The van der Waals surface area contributed by atoms with Gasteiger partial charge in [-0.1, -0.05) is 5.16 Å². The number of hydrogen-bond acceptors (Lipinski definition) is 5. The first-order valence-corrected chi connectivity index (χ1v) is 4.69. The monoisotopic (exact) mass is 204 g/mol. The van der Waals surface area contributed by atoms with Gasteiger partial charge < -0.3 is 9.84 Å². The molecule has 0 spiro atoms. The quantitative estimate of drug-likeness (QED) is 0.824. The van der Waals surface area contributed by atoms with Crippen LogP contribution in [0.5, 0.6) is 0 Å². The van der Waals surface area contributed by atoms with Crippen LogP contribution in [0.3, 0.4) is 0 Å². The largest absolute Gasteiger partial charge is 0.376 e. The third kappa shape index (κ3) is 2.31. The molecule has 0 saturated carbocycles.